The van der Waals surface area contributed by atoms with E-state index in [0.717, 1.165) is 5.92 Å². The maximum atomic E-state index is 4.02. The van der Waals surface area contributed by atoms with Crippen LogP contribution in [-0.4, -0.2) is 30.6 Å². The van der Waals surface area contributed by atoms with Crippen LogP contribution in [0.3, 0.4) is 0 Å². The van der Waals surface area contributed by atoms with Crippen LogP contribution in [0.4, 0.5) is 0 Å². The number of nitrogens with zero attached hydrogens (tertiary/aromatic N) is 1. The molecular formula is C20H22N2. The van der Waals surface area contributed by atoms with Crippen LogP contribution in [0.2, 0.25) is 0 Å². The summed E-state index contributed by atoms with van der Waals surface area (Å²) in [7, 11) is 0. The van der Waals surface area contributed by atoms with E-state index in [0.29, 0.717) is 12.1 Å². The summed E-state index contributed by atoms with van der Waals surface area (Å²) in [4.78, 5) is 2.63. The maximum Gasteiger partial charge on any atom is 0.0591 e. The first-order chi connectivity index (χ1) is 10.9. The number of hydrogen-bond donors (Lipinski definition) is 1. The normalized spacial score (nSPS) is 29.4. The van der Waals surface area contributed by atoms with Crippen molar-refractivity contribution in [3.8, 4) is 11.1 Å². The molecule has 1 aliphatic carbocycles. The molecule has 0 radical (unpaired) electrons. The summed E-state index contributed by atoms with van der Waals surface area (Å²) in [6, 6.07) is 18.8. The average Bonchev–Trinajstić information content (AvgIpc) is 2.91. The van der Waals surface area contributed by atoms with E-state index in [-0.39, 0.29) is 0 Å². The van der Waals surface area contributed by atoms with Crippen LogP contribution in [0.5, 0.6) is 0 Å². The molecule has 22 heavy (non-hydrogen) atoms. The highest BCUT2D eigenvalue weighted by Crippen LogP contribution is 2.44. The Bertz CT molecular complexity index is 655. The van der Waals surface area contributed by atoms with E-state index < -0.39 is 0 Å². The van der Waals surface area contributed by atoms with Crippen molar-refractivity contribution < 1.29 is 0 Å². The van der Waals surface area contributed by atoms with Gasteiger partial charge >= 0.3 is 0 Å². The Morgan fingerprint density at radius 1 is 0.818 bits per heavy atom. The van der Waals surface area contributed by atoms with Crippen molar-refractivity contribution >= 4 is 0 Å². The molecule has 3 saturated heterocycles. The lowest BCUT2D eigenvalue weighted by Gasteiger charge is -2.46. The van der Waals surface area contributed by atoms with Gasteiger partial charge in [-0.25, -0.2) is 0 Å². The zero-order chi connectivity index (χ0) is 14.5. The fraction of sp³-hybridized carbons (Fsp3) is 0.400. The van der Waals surface area contributed by atoms with Crippen LogP contribution < -0.4 is 5.32 Å². The van der Waals surface area contributed by atoms with E-state index in [1.807, 2.05) is 0 Å². The third-order valence-corrected chi connectivity index (χ3v) is 5.87. The first kappa shape index (κ1) is 12.9. The molecule has 2 aromatic rings. The molecule has 3 heterocycles. The largest absolute Gasteiger partial charge is 0.302 e. The van der Waals surface area contributed by atoms with Crippen molar-refractivity contribution in [2.45, 2.75) is 24.9 Å². The minimum atomic E-state index is 0.373. The molecule has 2 bridgehead atoms. The highest BCUT2D eigenvalue weighted by atomic mass is 15.2. The minimum Gasteiger partial charge on any atom is -0.302 e. The molecule has 1 N–H and O–H groups in total. The van der Waals surface area contributed by atoms with E-state index in [1.165, 1.54) is 54.7 Å². The van der Waals surface area contributed by atoms with Gasteiger partial charge in [0.15, 0.2) is 0 Å². The van der Waals surface area contributed by atoms with E-state index in [1.54, 1.807) is 0 Å². The van der Waals surface area contributed by atoms with Crippen LogP contribution in [0, 0.1) is 5.92 Å². The Balaban J connectivity index is 1.52. The Morgan fingerprint density at radius 3 is 1.95 bits per heavy atom. The SMILES string of the molecule is c1ccc2c(c1)-c1ccccc1C2NC1CN2CCC1CC2. The summed E-state index contributed by atoms with van der Waals surface area (Å²) in [5.74, 6) is 0.866. The summed E-state index contributed by atoms with van der Waals surface area (Å²) in [5.41, 5.74) is 5.74. The Kier molecular flexibility index (Phi) is 2.89. The lowest BCUT2D eigenvalue weighted by Crippen LogP contribution is -2.56. The molecule has 1 unspecified atom stereocenters. The van der Waals surface area contributed by atoms with Gasteiger partial charge in [-0.15, -0.1) is 0 Å². The third-order valence-electron chi connectivity index (χ3n) is 5.87. The van der Waals surface area contributed by atoms with Gasteiger partial charge < -0.3 is 10.2 Å². The standard InChI is InChI=1S/C20H22N2/c1-3-7-17-15(5-1)16-6-2-4-8-18(16)20(17)21-19-13-22-11-9-14(19)10-12-22/h1-8,14,19-21H,9-13H2. The van der Waals surface area contributed by atoms with Gasteiger partial charge in [0.1, 0.15) is 0 Å². The summed E-state index contributed by atoms with van der Waals surface area (Å²) >= 11 is 0. The van der Waals surface area contributed by atoms with Gasteiger partial charge in [0.2, 0.25) is 0 Å². The molecule has 2 nitrogen and oxygen atoms in total. The monoisotopic (exact) mass is 290 g/mol. The fourth-order valence-electron chi connectivity index (χ4n) is 4.70. The number of nitrogens with one attached hydrogen (secondary N) is 1. The van der Waals surface area contributed by atoms with Crippen molar-refractivity contribution in [3.63, 3.8) is 0 Å². The molecule has 2 aromatic carbocycles. The summed E-state index contributed by atoms with van der Waals surface area (Å²) in [6.45, 7) is 3.84. The summed E-state index contributed by atoms with van der Waals surface area (Å²) in [5, 5.41) is 4.02. The van der Waals surface area contributed by atoms with Gasteiger partial charge in [-0.3, -0.25) is 0 Å². The van der Waals surface area contributed by atoms with Crippen LogP contribution in [0.15, 0.2) is 48.5 Å². The fourth-order valence-corrected chi connectivity index (χ4v) is 4.70. The van der Waals surface area contributed by atoms with Gasteiger partial charge in [-0.2, -0.15) is 0 Å². The Morgan fingerprint density at radius 2 is 1.41 bits per heavy atom. The summed E-state index contributed by atoms with van der Waals surface area (Å²) < 4.78 is 0. The second-order valence-corrected chi connectivity index (χ2v) is 7.02. The molecular weight excluding hydrogens is 268 g/mol. The highest BCUT2D eigenvalue weighted by Gasteiger charge is 2.37. The zero-order valence-electron chi connectivity index (χ0n) is 12.8. The maximum absolute atomic E-state index is 4.02. The van der Waals surface area contributed by atoms with E-state index in [9.17, 15) is 0 Å². The van der Waals surface area contributed by atoms with Crippen molar-refractivity contribution in [1.29, 1.82) is 0 Å². The van der Waals surface area contributed by atoms with Crippen LogP contribution >= 0.6 is 0 Å². The number of fused-ring (bicyclic) bond motifs is 6. The van der Waals surface area contributed by atoms with Crippen molar-refractivity contribution in [3.05, 3.63) is 59.7 Å². The van der Waals surface area contributed by atoms with E-state index in [2.05, 4.69) is 58.7 Å². The molecule has 0 saturated carbocycles. The second-order valence-electron chi connectivity index (χ2n) is 7.02. The van der Waals surface area contributed by atoms with Crippen LogP contribution in [0.1, 0.15) is 30.0 Å². The minimum absolute atomic E-state index is 0.373. The van der Waals surface area contributed by atoms with Crippen molar-refractivity contribution in [2.24, 2.45) is 5.92 Å². The first-order valence-electron chi connectivity index (χ1n) is 8.57. The average molecular weight is 290 g/mol. The highest BCUT2D eigenvalue weighted by molar-refractivity contribution is 5.78. The first-order valence-corrected chi connectivity index (χ1v) is 8.57. The topological polar surface area (TPSA) is 15.3 Å². The molecule has 0 amide bonds. The van der Waals surface area contributed by atoms with Crippen molar-refractivity contribution in [2.75, 3.05) is 19.6 Å². The predicted octanol–water partition coefficient (Wildman–Crippen LogP) is 3.44. The van der Waals surface area contributed by atoms with Gasteiger partial charge in [-0.1, -0.05) is 48.5 Å². The van der Waals surface area contributed by atoms with Crippen LogP contribution in [0.25, 0.3) is 11.1 Å². The quantitative estimate of drug-likeness (QED) is 0.911. The number of rotatable bonds is 2. The van der Waals surface area contributed by atoms with E-state index in [4.69, 9.17) is 0 Å². The molecule has 6 rings (SSSR count). The van der Waals surface area contributed by atoms with Gasteiger partial charge in [0.25, 0.3) is 0 Å². The molecule has 4 aliphatic rings. The Hall–Kier alpha value is -1.64. The molecule has 3 aliphatic heterocycles. The molecule has 2 heteroatoms. The third kappa shape index (κ3) is 1.87. The lowest BCUT2D eigenvalue weighted by molar-refractivity contribution is 0.0694. The molecule has 3 fully saturated rings. The van der Waals surface area contributed by atoms with E-state index >= 15 is 0 Å². The zero-order valence-corrected chi connectivity index (χ0v) is 12.8. The molecule has 0 spiro atoms. The van der Waals surface area contributed by atoms with Gasteiger partial charge in [0, 0.05) is 12.6 Å². The Labute approximate surface area is 132 Å². The number of piperidine rings is 3. The molecule has 1 atom stereocenters. The molecule has 112 valence electrons. The van der Waals surface area contributed by atoms with Gasteiger partial charge in [0.05, 0.1) is 6.04 Å². The predicted molar refractivity (Wildman–Crippen MR) is 89.8 cm³/mol. The van der Waals surface area contributed by atoms with Crippen LogP contribution in [-0.2, 0) is 0 Å². The van der Waals surface area contributed by atoms with Crippen molar-refractivity contribution in [1.82, 2.24) is 10.2 Å². The smallest absolute Gasteiger partial charge is 0.0591 e. The molecule has 0 aromatic heterocycles. The second kappa shape index (κ2) is 4.94. The lowest BCUT2D eigenvalue weighted by atomic mass is 9.83. The number of benzene rings is 2. The summed E-state index contributed by atoms with van der Waals surface area (Å²) in [6.07, 6.45) is 2.74. The number of hydrogen-bond acceptors (Lipinski definition) is 2. The van der Waals surface area contributed by atoms with Gasteiger partial charge in [-0.05, 0) is 54.1 Å².